The maximum atomic E-state index is 10.2. The minimum Gasteiger partial charge on any atom is -0.350 e. The van der Waals surface area contributed by atoms with Crippen LogP contribution >= 0.6 is 0 Å². The van der Waals surface area contributed by atoms with E-state index in [0.717, 1.165) is 0 Å². The minimum atomic E-state index is -1.07. The summed E-state index contributed by atoms with van der Waals surface area (Å²) in [6.45, 7) is 0.395. The van der Waals surface area contributed by atoms with Gasteiger partial charge in [0, 0.05) is 0 Å². The van der Waals surface area contributed by atoms with Crippen LogP contribution in [0.5, 0.6) is 0 Å². The molecular formula is C3H7N3O. The highest BCUT2D eigenvalue weighted by atomic mass is 16.2. The molecule has 1 saturated heterocycles. The highest BCUT2D eigenvalue weighted by molar-refractivity contribution is 5.91. The zero-order chi connectivity index (χ0) is 5.49. The number of amides is 1. The lowest BCUT2D eigenvalue weighted by Gasteiger charge is -2.32. The zero-order valence-corrected chi connectivity index (χ0v) is 3.77. The van der Waals surface area contributed by atoms with Crippen LogP contribution in [-0.4, -0.2) is 18.1 Å². The molecule has 0 saturated carbocycles. The molecule has 1 aliphatic heterocycles. The molecule has 1 fully saturated rings. The lowest BCUT2D eigenvalue weighted by molar-refractivity contribution is -0.132. The summed E-state index contributed by atoms with van der Waals surface area (Å²) in [7, 11) is 0. The quantitative estimate of drug-likeness (QED) is 0.238. The molecule has 0 radical (unpaired) electrons. The highest BCUT2D eigenvalue weighted by Gasteiger charge is 2.37. The smallest absolute Gasteiger partial charge is 0.256 e. The summed E-state index contributed by atoms with van der Waals surface area (Å²) in [4.78, 5) is 10.2. The molecule has 0 bridgehead atoms. The van der Waals surface area contributed by atoms with E-state index in [1.54, 1.807) is 0 Å². The van der Waals surface area contributed by atoms with E-state index in [-0.39, 0.29) is 5.91 Å². The van der Waals surface area contributed by atoms with Gasteiger partial charge in [0.25, 0.3) is 5.91 Å². The molecule has 0 spiro atoms. The molecule has 1 aliphatic rings. The van der Waals surface area contributed by atoms with Crippen LogP contribution in [0.4, 0.5) is 0 Å². The molecule has 40 valence electrons. The second-order valence-corrected chi connectivity index (χ2v) is 1.72. The van der Waals surface area contributed by atoms with Gasteiger partial charge in [-0.05, 0) is 0 Å². The van der Waals surface area contributed by atoms with Crippen molar-refractivity contribution in [1.29, 1.82) is 0 Å². The molecular weight excluding hydrogens is 94.1 g/mol. The van der Waals surface area contributed by atoms with Gasteiger partial charge in [0.05, 0.1) is 6.54 Å². The molecule has 0 aromatic rings. The van der Waals surface area contributed by atoms with Gasteiger partial charge in [-0.2, -0.15) is 0 Å². The van der Waals surface area contributed by atoms with Crippen LogP contribution in [0, 0.1) is 0 Å². The number of β-lactam (4-membered cyclic amide) rings is 1. The molecule has 4 heteroatoms. The predicted octanol–water partition coefficient (Wildman–Crippen LogP) is -2.27. The van der Waals surface area contributed by atoms with Crippen molar-refractivity contribution in [3.8, 4) is 0 Å². The summed E-state index contributed by atoms with van der Waals surface area (Å²) in [6.07, 6.45) is 0. The van der Waals surface area contributed by atoms with Gasteiger partial charge < -0.3 is 16.8 Å². The van der Waals surface area contributed by atoms with Gasteiger partial charge in [0.2, 0.25) is 0 Å². The van der Waals surface area contributed by atoms with Crippen LogP contribution in [0.15, 0.2) is 0 Å². The number of nitrogens with two attached hydrogens (primary N) is 2. The summed E-state index contributed by atoms with van der Waals surface area (Å²) >= 11 is 0. The van der Waals surface area contributed by atoms with E-state index in [4.69, 9.17) is 11.5 Å². The summed E-state index contributed by atoms with van der Waals surface area (Å²) < 4.78 is 0. The van der Waals surface area contributed by atoms with Crippen LogP contribution in [0.25, 0.3) is 0 Å². The lowest BCUT2D eigenvalue weighted by atomic mass is 10.1. The fourth-order valence-electron chi connectivity index (χ4n) is 0.365. The minimum absolute atomic E-state index is 0.271. The number of rotatable bonds is 0. The van der Waals surface area contributed by atoms with Crippen molar-refractivity contribution in [3.63, 3.8) is 0 Å². The Bertz CT molecular complexity index is 109. The first-order chi connectivity index (χ1) is 3.13. The second-order valence-electron chi connectivity index (χ2n) is 1.72. The van der Waals surface area contributed by atoms with Crippen LogP contribution in [0.1, 0.15) is 0 Å². The van der Waals surface area contributed by atoms with E-state index in [0.29, 0.717) is 6.54 Å². The summed E-state index contributed by atoms with van der Waals surface area (Å²) in [5.41, 5.74) is 9.19. The molecule has 1 rings (SSSR count). The highest BCUT2D eigenvalue weighted by Crippen LogP contribution is 1.97. The maximum absolute atomic E-state index is 10.2. The Morgan fingerprint density at radius 2 is 2.14 bits per heavy atom. The third kappa shape index (κ3) is 0.477. The average molecular weight is 101 g/mol. The predicted molar refractivity (Wildman–Crippen MR) is 24.1 cm³/mol. The van der Waals surface area contributed by atoms with Gasteiger partial charge in [-0.3, -0.25) is 4.79 Å². The third-order valence-electron chi connectivity index (χ3n) is 0.964. The molecule has 1 amide bonds. The number of hydrogen-bond acceptors (Lipinski definition) is 3. The van der Waals surface area contributed by atoms with Gasteiger partial charge >= 0.3 is 0 Å². The first-order valence-corrected chi connectivity index (χ1v) is 1.99. The van der Waals surface area contributed by atoms with Crippen molar-refractivity contribution >= 4 is 5.91 Å². The number of carbonyl (C=O) groups is 1. The molecule has 4 nitrogen and oxygen atoms in total. The monoisotopic (exact) mass is 101 g/mol. The average Bonchev–Trinajstić information content (AvgIpc) is 1.63. The Morgan fingerprint density at radius 1 is 1.71 bits per heavy atom. The molecule has 0 aliphatic carbocycles. The van der Waals surface area contributed by atoms with E-state index in [9.17, 15) is 4.79 Å². The van der Waals surface area contributed by atoms with Crippen molar-refractivity contribution in [2.45, 2.75) is 5.66 Å². The lowest BCUT2D eigenvalue weighted by Crippen LogP contribution is -2.75. The fraction of sp³-hybridized carbons (Fsp3) is 0.667. The van der Waals surface area contributed by atoms with Crippen molar-refractivity contribution in [1.82, 2.24) is 5.32 Å². The summed E-state index contributed by atoms with van der Waals surface area (Å²) in [5.74, 6) is -0.271. The topological polar surface area (TPSA) is 81.1 Å². The van der Waals surface area contributed by atoms with Crippen molar-refractivity contribution in [2.75, 3.05) is 6.54 Å². The maximum Gasteiger partial charge on any atom is 0.256 e. The van der Waals surface area contributed by atoms with Crippen LogP contribution in [-0.2, 0) is 4.79 Å². The van der Waals surface area contributed by atoms with Crippen LogP contribution in [0.2, 0.25) is 0 Å². The normalized spacial score (nSPS) is 25.7. The van der Waals surface area contributed by atoms with Crippen molar-refractivity contribution < 1.29 is 4.79 Å². The molecule has 0 aromatic heterocycles. The van der Waals surface area contributed by atoms with Crippen LogP contribution in [0.3, 0.4) is 0 Å². The molecule has 0 atom stereocenters. The number of nitrogens with one attached hydrogen (secondary N) is 1. The Kier molecular flexibility index (Phi) is 0.625. The fourth-order valence-corrected chi connectivity index (χ4v) is 0.365. The molecule has 7 heavy (non-hydrogen) atoms. The summed E-state index contributed by atoms with van der Waals surface area (Å²) in [5, 5.41) is 2.41. The summed E-state index contributed by atoms with van der Waals surface area (Å²) in [6, 6.07) is 0. The molecule has 0 unspecified atom stereocenters. The van der Waals surface area contributed by atoms with E-state index < -0.39 is 5.66 Å². The Morgan fingerprint density at radius 3 is 2.14 bits per heavy atom. The Hall–Kier alpha value is -0.610. The van der Waals surface area contributed by atoms with Gasteiger partial charge in [-0.1, -0.05) is 0 Å². The number of carbonyl (C=O) groups excluding carboxylic acids is 1. The Balaban J connectivity index is 2.59. The molecule has 0 aromatic carbocycles. The van der Waals surface area contributed by atoms with E-state index in [1.165, 1.54) is 0 Å². The SMILES string of the molecule is NC1(N)CNC1=O. The number of hydrogen-bond donors (Lipinski definition) is 3. The van der Waals surface area contributed by atoms with Gasteiger partial charge in [0.1, 0.15) is 0 Å². The van der Waals surface area contributed by atoms with E-state index in [1.807, 2.05) is 0 Å². The first-order valence-electron chi connectivity index (χ1n) is 1.99. The first kappa shape index (κ1) is 4.55. The molecule has 5 N–H and O–H groups in total. The largest absolute Gasteiger partial charge is 0.350 e. The molecule has 1 heterocycles. The zero-order valence-electron chi connectivity index (χ0n) is 3.77. The third-order valence-corrected chi connectivity index (χ3v) is 0.964. The van der Waals surface area contributed by atoms with E-state index >= 15 is 0 Å². The van der Waals surface area contributed by atoms with E-state index in [2.05, 4.69) is 5.32 Å². The van der Waals surface area contributed by atoms with Crippen molar-refractivity contribution in [2.24, 2.45) is 11.5 Å². The van der Waals surface area contributed by atoms with Gasteiger partial charge in [-0.25, -0.2) is 0 Å². The second kappa shape index (κ2) is 0.962. The van der Waals surface area contributed by atoms with Crippen molar-refractivity contribution in [3.05, 3.63) is 0 Å². The van der Waals surface area contributed by atoms with Gasteiger partial charge in [0.15, 0.2) is 5.66 Å². The van der Waals surface area contributed by atoms with Crippen LogP contribution < -0.4 is 16.8 Å². The Labute approximate surface area is 40.9 Å². The van der Waals surface area contributed by atoms with Gasteiger partial charge in [-0.15, -0.1) is 0 Å². The standard InChI is InChI=1S/C3H7N3O/c4-3(5)1-6-2(3)7/h1,4-5H2,(H,6,7).